The Labute approximate surface area is 144 Å². The van der Waals surface area contributed by atoms with Gasteiger partial charge >= 0.3 is 5.82 Å². The van der Waals surface area contributed by atoms with Gasteiger partial charge in [0.05, 0.1) is 12.6 Å². The number of anilines is 1. The molecule has 0 bridgehead atoms. The van der Waals surface area contributed by atoms with Crippen LogP contribution in [-0.4, -0.2) is 30.8 Å². The van der Waals surface area contributed by atoms with E-state index < -0.39 is 16.6 Å². The lowest BCUT2D eigenvalue weighted by Crippen LogP contribution is -2.13. The summed E-state index contributed by atoms with van der Waals surface area (Å²) in [6.07, 6.45) is 1.60. The van der Waals surface area contributed by atoms with Gasteiger partial charge in [-0.3, -0.25) is 9.48 Å². The van der Waals surface area contributed by atoms with Crippen LogP contribution in [0.2, 0.25) is 5.02 Å². The third-order valence-corrected chi connectivity index (χ3v) is 3.58. The third-order valence-electron chi connectivity index (χ3n) is 3.22. The monoisotopic (exact) mass is 364 g/mol. The van der Waals surface area contributed by atoms with E-state index in [1.165, 1.54) is 22.9 Å². The molecule has 3 aromatic rings. The van der Waals surface area contributed by atoms with Gasteiger partial charge in [0.25, 0.3) is 5.91 Å². The number of hydrogen-bond donors (Lipinski definition) is 2. The van der Waals surface area contributed by atoms with Gasteiger partial charge < -0.3 is 15.4 Å². The number of nitro groups is 1. The molecular formula is C14H10ClFN6O3. The van der Waals surface area contributed by atoms with Crippen LogP contribution in [0.3, 0.4) is 0 Å². The predicted octanol–water partition coefficient (Wildman–Crippen LogP) is 2.61. The number of carbonyl (C=O) groups is 1. The van der Waals surface area contributed by atoms with Crippen LogP contribution in [-0.2, 0) is 6.54 Å². The summed E-state index contributed by atoms with van der Waals surface area (Å²) in [4.78, 5) is 21.9. The minimum Gasteiger partial charge on any atom is -0.358 e. The maximum Gasteiger partial charge on any atom is 0.343 e. The van der Waals surface area contributed by atoms with Crippen LogP contribution in [0.1, 0.15) is 16.1 Å². The zero-order chi connectivity index (χ0) is 18.0. The molecule has 0 saturated heterocycles. The molecule has 25 heavy (non-hydrogen) atoms. The molecule has 1 amide bonds. The molecule has 0 aliphatic carbocycles. The molecule has 0 atom stereocenters. The molecule has 2 heterocycles. The maximum absolute atomic E-state index is 13.0. The highest BCUT2D eigenvalue weighted by Gasteiger charge is 2.17. The van der Waals surface area contributed by atoms with Crippen molar-refractivity contribution < 1.29 is 14.1 Å². The lowest BCUT2D eigenvalue weighted by atomic mass is 10.2. The molecule has 0 radical (unpaired) electrons. The lowest BCUT2D eigenvalue weighted by molar-refractivity contribution is -0.389. The van der Waals surface area contributed by atoms with Crippen molar-refractivity contribution in [2.45, 2.75) is 6.54 Å². The fourth-order valence-corrected chi connectivity index (χ4v) is 2.27. The highest BCUT2D eigenvalue weighted by Crippen LogP contribution is 2.18. The molecule has 2 N–H and O–H groups in total. The fraction of sp³-hybridized carbons (Fsp3) is 0.0714. The first kappa shape index (κ1) is 16.6. The van der Waals surface area contributed by atoms with E-state index in [4.69, 9.17) is 11.6 Å². The maximum atomic E-state index is 13.0. The Morgan fingerprint density at radius 3 is 2.88 bits per heavy atom. The number of nitrogens with one attached hydrogen (secondary N) is 2. The fourth-order valence-electron chi connectivity index (χ4n) is 2.04. The highest BCUT2D eigenvalue weighted by molar-refractivity contribution is 6.31. The van der Waals surface area contributed by atoms with Gasteiger partial charge in [-0.15, -0.1) is 5.10 Å². The van der Waals surface area contributed by atoms with E-state index >= 15 is 0 Å². The normalized spacial score (nSPS) is 10.6. The summed E-state index contributed by atoms with van der Waals surface area (Å²) in [6.45, 7) is 0.281. The van der Waals surface area contributed by atoms with E-state index in [2.05, 4.69) is 20.6 Å². The standard InChI is InChI=1S/C14H10ClFN6O3/c15-10-5-9(16)2-1-8(10)7-21-4-3-12(20-21)17-14(23)11-6-13(19-18-11)22(24)25/h1-6H,7H2,(H,18,19)(H,17,20,23). The van der Waals surface area contributed by atoms with Crippen molar-refractivity contribution in [2.75, 3.05) is 5.32 Å². The zero-order valence-electron chi connectivity index (χ0n) is 12.4. The molecule has 1 aromatic carbocycles. The van der Waals surface area contributed by atoms with Crippen LogP contribution >= 0.6 is 11.6 Å². The number of nitrogens with zero attached hydrogens (tertiary/aromatic N) is 4. The van der Waals surface area contributed by atoms with Gasteiger partial charge in [-0.05, 0) is 22.6 Å². The first-order chi connectivity index (χ1) is 11.9. The highest BCUT2D eigenvalue weighted by atomic mass is 35.5. The van der Waals surface area contributed by atoms with Crippen molar-refractivity contribution in [3.63, 3.8) is 0 Å². The minimum atomic E-state index is -0.690. The molecule has 0 aliphatic heterocycles. The van der Waals surface area contributed by atoms with Gasteiger partial charge in [-0.1, -0.05) is 22.8 Å². The second-order valence-corrected chi connectivity index (χ2v) is 5.39. The summed E-state index contributed by atoms with van der Waals surface area (Å²) >= 11 is 5.96. The number of H-pyrrole nitrogens is 1. The molecule has 0 fully saturated rings. The van der Waals surface area contributed by atoms with E-state index in [0.29, 0.717) is 5.56 Å². The van der Waals surface area contributed by atoms with Crippen molar-refractivity contribution in [1.29, 1.82) is 0 Å². The third kappa shape index (κ3) is 3.80. The predicted molar refractivity (Wildman–Crippen MR) is 85.9 cm³/mol. The van der Waals surface area contributed by atoms with Crippen molar-refractivity contribution >= 4 is 29.1 Å². The molecule has 9 nitrogen and oxygen atoms in total. The summed E-state index contributed by atoms with van der Waals surface area (Å²) in [6, 6.07) is 6.59. The number of rotatable bonds is 5. The Balaban J connectivity index is 1.68. The molecule has 3 rings (SSSR count). The molecule has 128 valence electrons. The number of benzene rings is 1. The Kier molecular flexibility index (Phi) is 4.44. The van der Waals surface area contributed by atoms with Gasteiger partial charge in [0, 0.05) is 17.3 Å². The van der Waals surface area contributed by atoms with Gasteiger partial charge in [-0.2, -0.15) is 5.10 Å². The van der Waals surface area contributed by atoms with Crippen molar-refractivity contribution in [3.05, 3.63) is 68.7 Å². The van der Waals surface area contributed by atoms with E-state index in [-0.39, 0.29) is 28.9 Å². The second-order valence-electron chi connectivity index (χ2n) is 4.98. The summed E-state index contributed by atoms with van der Waals surface area (Å²) < 4.78 is 14.5. The lowest BCUT2D eigenvalue weighted by Gasteiger charge is -2.04. The molecule has 11 heteroatoms. The quantitative estimate of drug-likeness (QED) is 0.532. The summed E-state index contributed by atoms with van der Waals surface area (Å²) in [5.41, 5.74) is 0.523. The first-order valence-electron chi connectivity index (χ1n) is 6.91. The van der Waals surface area contributed by atoms with Gasteiger partial charge in [-0.25, -0.2) is 4.39 Å². The molecule has 0 saturated carbocycles. The molecule has 0 spiro atoms. The largest absolute Gasteiger partial charge is 0.358 e. The van der Waals surface area contributed by atoms with E-state index in [9.17, 15) is 19.3 Å². The topological polar surface area (TPSA) is 119 Å². The Bertz CT molecular complexity index is 954. The SMILES string of the molecule is O=C(Nc1ccn(Cc2ccc(F)cc2Cl)n1)c1cc([N+](=O)[O-])[nH]n1. The van der Waals surface area contributed by atoms with Crippen molar-refractivity contribution in [3.8, 4) is 0 Å². The number of hydrogen-bond acceptors (Lipinski definition) is 5. The summed E-state index contributed by atoms with van der Waals surface area (Å²) in [7, 11) is 0. The Hall–Kier alpha value is -3.27. The summed E-state index contributed by atoms with van der Waals surface area (Å²) in [5, 5.41) is 23.2. The van der Waals surface area contributed by atoms with Crippen LogP contribution in [0.25, 0.3) is 0 Å². The Morgan fingerprint density at radius 2 is 2.20 bits per heavy atom. The number of halogens is 2. The van der Waals surface area contributed by atoms with Crippen LogP contribution in [0.4, 0.5) is 16.0 Å². The van der Waals surface area contributed by atoms with Gasteiger partial charge in [0.2, 0.25) is 0 Å². The van der Waals surface area contributed by atoms with Crippen LogP contribution in [0.5, 0.6) is 0 Å². The average Bonchev–Trinajstić information content (AvgIpc) is 3.19. The average molecular weight is 365 g/mol. The molecular weight excluding hydrogens is 355 g/mol. The number of aromatic nitrogens is 4. The van der Waals surface area contributed by atoms with Crippen LogP contribution in [0.15, 0.2) is 36.5 Å². The number of carbonyl (C=O) groups excluding carboxylic acids is 1. The zero-order valence-corrected chi connectivity index (χ0v) is 13.2. The van der Waals surface area contributed by atoms with Gasteiger partial charge in [0.15, 0.2) is 11.5 Å². The number of aromatic amines is 1. The van der Waals surface area contributed by atoms with Crippen LogP contribution in [0, 0.1) is 15.9 Å². The van der Waals surface area contributed by atoms with Crippen molar-refractivity contribution in [2.24, 2.45) is 0 Å². The number of amides is 1. The Morgan fingerprint density at radius 1 is 1.40 bits per heavy atom. The second kappa shape index (κ2) is 6.69. The van der Waals surface area contributed by atoms with Crippen LogP contribution < -0.4 is 5.32 Å². The molecule has 2 aromatic heterocycles. The summed E-state index contributed by atoms with van der Waals surface area (Å²) in [5.74, 6) is -1.24. The van der Waals surface area contributed by atoms with E-state index in [1.54, 1.807) is 12.3 Å². The van der Waals surface area contributed by atoms with Gasteiger partial charge in [0.1, 0.15) is 5.82 Å². The van der Waals surface area contributed by atoms with E-state index in [1.807, 2.05) is 0 Å². The first-order valence-corrected chi connectivity index (χ1v) is 7.29. The molecule has 0 aliphatic rings. The molecule has 0 unspecified atom stereocenters. The smallest absolute Gasteiger partial charge is 0.343 e. The van der Waals surface area contributed by atoms with E-state index in [0.717, 1.165) is 6.07 Å². The van der Waals surface area contributed by atoms with Crippen molar-refractivity contribution in [1.82, 2.24) is 20.0 Å². The minimum absolute atomic E-state index is 0.136.